The molecule has 0 spiro atoms. The van der Waals surface area contributed by atoms with Crippen molar-refractivity contribution in [3.63, 3.8) is 0 Å². The first-order chi connectivity index (χ1) is 8.06. The van der Waals surface area contributed by atoms with E-state index in [1.165, 1.54) is 7.11 Å². The standard InChI is InChI=1S/C12H25NO4/c1-6-16-10(17-7-2)8-13-11(9(3)4)12(14)15-5/h9-11,13H,6-8H2,1-5H3. The largest absolute Gasteiger partial charge is 0.468 e. The molecule has 0 radical (unpaired) electrons. The summed E-state index contributed by atoms with van der Waals surface area (Å²) < 4.78 is 15.5. The summed E-state index contributed by atoms with van der Waals surface area (Å²) in [7, 11) is 1.39. The molecule has 102 valence electrons. The van der Waals surface area contributed by atoms with Crippen LogP contribution in [0.3, 0.4) is 0 Å². The number of carbonyl (C=O) groups excluding carboxylic acids is 1. The lowest BCUT2D eigenvalue weighted by atomic mass is 10.0. The van der Waals surface area contributed by atoms with Crippen LogP contribution in [0.5, 0.6) is 0 Å². The fourth-order valence-corrected chi connectivity index (χ4v) is 1.48. The van der Waals surface area contributed by atoms with E-state index in [0.29, 0.717) is 19.8 Å². The molecule has 1 unspecified atom stereocenters. The smallest absolute Gasteiger partial charge is 0.323 e. The highest BCUT2D eigenvalue weighted by molar-refractivity contribution is 5.75. The second kappa shape index (κ2) is 9.39. The maximum Gasteiger partial charge on any atom is 0.323 e. The van der Waals surface area contributed by atoms with Gasteiger partial charge < -0.3 is 14.2 Å². The lowest BCUT2D eigenvalue weighted by Crippen LogP contribution is -2.46. The van der Waals surface area contributed by atoms with Crippen molar-refractivity contribution in [1.82, 2.24) is 5.32 Å². The van der Waals surface area contributed by atoms with E-state index in [2.05, 4.69) is 5.32 Å². The average Bonchev–Trinajstić information content (AvgIpc) is 2.28. The van der Waals surface area contributed by atoms with Crippen molar-refractivity contribution in [3.05, 3.63) is 0 Å². The van der Waals surface area contributed by atoms with Gasteiger partial charge in [0.1, 0.15) is 6.04 Å². The van der Waals surface area contributed by atoms with Crippen LogP contribution in [0.15, 0.2) is 0 Å². The Balaban J connectivity index is 4.20. The highest BCUT2D eigenvalue weighted by atomic mass is 16.7. The summed E-state index contributed by atoms with van der Waals surface area (Å²) in [6.45, 7) is 9.38. The van der Waals surface area contributed by atoms with E-state index >= 15 is 0 Å². The SMILES string of the molecule is CCOC(CNC(C(=O)OC)C(C)C)OCC. The molecule has 17 heavy (non-hydrogen) atoms. The summed E-state index contributed by atoms with van der Waals surface area (Å²) in [5, 5.41) is 3.12. The molecule has 0 saturated heterocycles. The highest BCUT2D eigenvalue weighted by Gasteiger charge is 2.23. The fourth-order valence-electron chi connectivity index (χ4n) is 1.48. The van der Waals surface area contributed by atoms with Gasteiger partial charge in [-0.05, 0) is 19.8 Å². The molecule has 0 aromatic carbocycles. The second-order valence-electron chi connectivity index (χ2n) is 3.99. The maximum absolute atomic E-state index is 11.5. The third-order valence-corrected chi connectivity index (χ3v) is 2.33. The van der Waals surface area contributed by atoms with E-state index in [1.54, 1.807) is 0 Å². The summed E-state index contributed by atoms with van der Waals surface area (Å²) in [6, 6.07) is -0.330. The molecule has 1 N–H and O–H groups in total. The third-order valence-electron chi connectivity index (χ3n) is 2.33. The van der Waals surface area contributed by atoms with E-state index in [9.17, 15) is 4.79 Å². The van der Waals surface area contributed by atoms with Gasteiger partial charge in [-0.2, -0.15) is 0 Å². The van der Waals surface area contributed by atoms with Gasteiger partial charge in [0.2, 0.25) is 0 Å². The van der Waals surface area contributed by atoms with Gasteiger partial charge in [0.15, 0.2) is 6.29 Å². The van der Waals surface area contributed by atoms with Crippen LogP contribution in [0, 0.1) is 5.92 Å². The van der Waals surface area contributed by atoms with Crippen LogP contribution < -0.4 is 5.32 Å². The molecule has 5 heteroatoms. The lowest BCUT2D eigenvalue weighted by Gasteiger charge is -2.23. The van der Waals surface area contributed by atoms with Gasteiger partial charge in [-0.15, -0.1) is 0 Å². The zero-order chi connectivity index (χ0) is 13.3. The second-order valence-corrected chi connectivity index (χ2v) is 3.99. The molecule has 1 atom stereocenters. The first kappa shape index (κ1) is 16.4. The molecule has 0 amide bonds. The zero-order valence-corrected chi connectivity index (χ0v) is 11.5. The van der Waals surface area contributed by atoms with Gasteiger partial charge in [-0.1, -0.05) is 13.8 Å². The Labute approximate surface area is 104 Å². The maximum atomic E-state index is 11.5. The van der Waals surface area contributed by atoms with Gasteiger partial charge in [-0.25, -0.2) is 0 Å². The van der Waals surface area contributed by atoms with Gasteiger partial charge in [-0.3, -0.25) is 10.1 Å². The van der Waals surface area contributed by atoms with Crippen LogP contribution >= 0.6 is 0 Å². The summed E-state index contributed by atoms with van der Waals surface area (Å²) >= 11 is 0. The van der Waals surface area contributed by atoms with Crippen LogP contribution in [0.2, 0.25) is 0 Å². The number of hydrogen-bond donors (Lipinski definition) is 1. The lowest BCUT2D eigenvalue weighted by molar-refractivity contribution is -0.148. The average molecular weight is 247 g/mol. The Morgan fingerprint density at radius 3 is 2.06 bits per heavy atom. The Morgan fingerprint density at radius 2 is 1.71 bits per heavy atom. The quantitative estimate of drug-likeness (QED) is 0.489. The van der Waals surface area contributed by atoms with Gasteiger partial charge in [0.25, 0.3) is 0 Å². The van der Waals surface area contributed by atoms with Crippen molar-refractivity contribution in [2.75, 3.05) is 26.9 Å². The summed E-state index contributed by atoms with van der Waals surface area (Å²) in [6.07, 6.45) is -0.323. The Kier molecular flexibility index (Phi) is 9.03. The van der Waals surface area contributed by atoms with E-state index in [1.807, 2.05) is 27.7 Å². The van der Waals surface area contributed by atoms with Crippen LogP contribution in [-0.2, 0) is 19.0 Å². The Bertz CT molecular complexity index is 203. The molecule has 0 aliphatic rings. The van der Waals surface area contributed by atoms with Crippen LogP contribution in [0.4, 0.5) is 0 Å². The van der Waals surface area contributed by atoms with E-state index in [-0.39, 0.29) is 24.2 Å². The van der Waals surface area contributed by atoms with Crippen molar-refractivity contribution >= 4 is 5.97 Å². The Morgan fingerprint density at radius 1 is 1.18 bits per heavy atom. The van der Waals surface area contributed by atoms with Crippen LogP contribution in [0.1, 0.15) is 27.7 Å². The van der Waals surface area contributed by atoms with Crippen molar-refractivity contribution in [1.29, 1.82) is 0 Å². The number of methoxy groups -OCH3 is 1. The molecule has 5 nitrogen and oxygen atoms in total. The molecular weight excluding hydrogens is 222 g/mol. The predicted octanol–water partition coefficient (Wildman–Crippen LogP) is 1.17. The summed E-state index contributed by atoms with van der Waals surface area (Å²) in [4.78, 5) is 11.5. The molecule has 0 aromatic heterocycles. The molecule has 0 fully saturated rings. The van der Waals surface area contributed by atoms with Crippen molar-refractivity contribution in [3.8, 4) is 0 Å². The molecule has 0 aliphatic carbocycles. The van der Waals surface area contributed by atoms with E-state index in [4.69, 9.17) is 14.2 Å². The predicted molar refractivity (Wildman–Crippen MR) is 65.7 cm³/mol. The topological polar surface area (TPSA) is 56.8 Å². The van der Waals surface area contributed by atoms with Gasteiger partial charge in [0, 0.05) is 19.8 Å². The molecule has 0 saturated carbocycles. The molecule has 0 aliphatic heterocycles. The normalized spacial score (nSPS) is 13.1. The molecular formula is C12H25NO4. The number of esters is 1. The minimum absolute atomic E-state index is 0.159. The number of hydrogen-bond acceptors (Lipinski definition) is 5. The van der Waals surface area contributed by atoms with Crippen LogP contribution in [0.25, 0.3) is 0 Å². The molecule has 0 aromatic rings. The number of rotatable bonds is 9. The van der Waals surface area contributed by atoms with E-state index in [0.717, 1.165) is 0 Å². The monoisotopic (exact) mass is 247 g/mol. The number of carbonyl (C=O) groups is 1. The minimum Gasteiger partial charge on any atom is -0.468 e. The summed E-state index contributed by atoms with van der Waals surface area (Å²) in [5.41, 5.74) is 0. The van der Waals surface area contributed by atoms with Crippen molar-refractivity contribution < 1.29 is 19.0 Å². The minimum atomic E-state index is -0.330. The molecule has 0 heterocycles. The van der Waals surface area contributed by atoms with E-state index < -0.39 is 0 Å². The third kappa shape index (κ3) is 6.61. The van der Waals surface area contributed by atoms with Crippen LogP contribution in [-0.4, -0.2) is 45.2 Å². The summed E-state index contributed by atoms with van der Waals surface area (Å²) in [5.74, 6) is -0.0990. The fraction of sp³-hybridized carbons (Fsp3) is 0.917. The zero-order valence-electron chi connectivity index (χ0n) is 11.5. The number of ether oxygens (including phenoxy) is 3. The molecule has 0 bridgehead atoms. The van der Waals surface area contributed by atoms with Crippen molar-refractivity contribution in [2.45, 2.75) is 40.0 Å². The van der Waals surface area contributed by atoms with Crippen molar-refractivity contribution in [2.24, 2.45) is 5.92 Å². The first-order valence-electron chi connectivity index (χ1n) is 6.11. The first-order valence-corrected chi connectivity index (χ1v) is 6.11. The van der Waals surface area contributed by atoms with Gasteiger partial charge in [0.05, 0.1) is 7.11 Å². The van der Waals surface area contributed by atoms with Gasteiger partial charge >= 0.3 is 5.97 Å². The number of nitrogens with one attached hydrogen (secondary N) is 1. The Hall–Kier alpha value is -0.650. The highest BCUT2D eigenvalue weighted by Crippen LogP contribution is 2.04. The molecule has 0 rings (SSSR count).